The first-order valence-electron chi connectivity index (χ1n) is 7.49. The second-order valence-electron chi connectivity index (χ2n) is 3.28. The zero-order valence-electron chi connectivity index (χ0n) is 15.1. The molecule has 6 nitrogen and oxygen atoms in total. The van der Waals surface area contributed by atoms with Crippen LogP contribution in [0.2, 0.25) is 0 Å². The molecule has 100 valence electrons. The van der Waals surface area contributed by atoms with Crippen LogP contribution in [0.3, 0.4) is 0 Å². The van der Waals surface area contributed by atoms with Crippen molar-refractivity contribution in [3.05, 3.63) is 35.4 Å². The number of carbonyl (C=O) groups excluding carboxylic acids is 2. The van der Waals surface area contributed by atoms with Gasteiger partial charge in [0.2, 0.25) is 5.91 Å². The van der Waals surface area contributed by atoms with E-state index in [1.54, 1.807) is 0 Å². The molecule has 19 heavy (non-hydrogen) atoms. The van der Waals surface area contributed by atoms with E-state index in [9.17, 15) is 14.4 Å². The Morgan fingerprint density at radius 2 is 1.89 bits per heavy atom. The summed E-state index contributed by atoms with van der Waals surface area (Å²) < 4.78 is 43.6. The maximum atomic E-state index is 11.2. The summed E-state index contributed by atoms with van der Waals surface area (Å²) in [6.07, 6.45) is 0. The summed E-state index contributed by atoms with van der Waals surface area (Å²) >= 11 is 0. The van der Waals surface area contributed by atoms with Crippen LogP contribution < -0.4 is 10.1 Å². The van der Waals surface area contributed by atoms with Gasteiger partial charge in [0.15, 0.2) is 0 Å². The van der Waals surface area contributed by atoms with Crippen molar-refractivity contribution < 1.29 is 31.1 Å². The van der Waals surface area contributed by atoms with Gasteiger partial charge >= 0.3 is 11.9 Å². The molecule has 6 heteroatoms. The highest BCUT2D eigenvalue weighted by Crippen LogP contribution is 2.14. The van der Waals surface area contributed by atoms with Gasteiger partial charge in [0.1, 0.15) is 11.4 Å². The van der Waals surface area contributed by atoms with Crippen LogP contribution in [0.15, 0.2) is 29.9 Å². The summed E-state index contributed by atoms with van der Waals surface area (Å²) in [6.45, 7) is 2.02. The van der Waals surface area contributed by atoms with Gasteiger partial charge in [-0.1, -0.05) is 12.1 Å². The molecule has 0 aliphatic heterocycles. The number of ether oxygens (including phenoxy) is 1. The van der Waals surface area contributed by atoms with Crippen molar-refractivity contribution in [3.8, 4) is 5.75 Å². The lowest BCUT2D eigenvalue weighted by atomic mass is 10.2. The van der Waals surface area contributed by atoms with Gasteiger partial charge in [-0.3, -0.25) is 9.59 Å². The van der Waals surface area contributed by atoms with Gasteiger partial charge in [-0.25, -0.2) is 4.79 Å². The predicted octanol–water partition coefficient (Wildman–Crippen LogP) is 1.17. The topological polar surface area (TPSA) is 92.7 Å². The number of hydrogen-bond donors (Lipinski definition) is 2. The molecule has 0 atom stereocenters. The molecule has 0 aromatic heterocycles. The van der Waals surface area contributed by atoms with Crippen molar-refractivity contribution in [1.29, 1.82) is 0 Å². The van der Waals surface area contributed by atoms with Gasteiger partial charge in [-0.15, -0.1) is 0 Å². The number of carbonyl (C=O) groups is 3. The monoisotopic (exact) mass is 268 g/mol. The lowest BCUT2D eigenvalue weighted by Crippen LogP contribution is -2.24. The van der Waals surface area contributed by atoms with E-state index in [0.29, 0.717) is 0 Å². The van der Waals surface area contributed by atoms with Gasteiger partial charge in [0, 0.05) is 13.8 Å². The fourth-order valence-electron chi connectivity index (χ4n) is 0.998. The zero-order valence-corrected chi connectivity index (χ0v) is 10.1. The molecule has 1 rings (SSSR count). The molecule has 1 aromatic carbocycles. The Morgan fingerprint density at radius 3 is 2.32 bits per heavy atom. The van der Waals surface area contributed by atoms with Gasteiger partial charge in [-0.2, -0.15) is 0 Å². The highest BCUT2D eigenvalue weighted by Gasteiger charge is 2.08. The molecule has 0 spiro atoms. The van der Waals surface area contributed by atoms with Crippen LogP contribution in [-0.4, -0.2) is 23.0 Å². The highest BCUT2D eigenvalue weighted by molar-refractivity contribution is 5.96. The molecule has 0 aliphatic rings. The van der Waals surface area contributed by atoms with E-state index in [0.717, 1.165) is 13.8 Å². The first kappa shape index (κ1) is 8.47. The second kappa shape index (κ2) is 6.34. The normalized spacial score (nSPS) is 14.9. The number of rotatable bonds is 4. The molecule has 0 unspecified atom stereocenters. The number of hydrogen-bond acceptors (Lipinski definition) is 4. The molecule has 0 heterocycles. The van der Waals surface area contributed by atoms with E-state index in [-0.39, 0.29) is 0 Å². The maximum Gasteiger partial charge on any atom is 0.352 e. The standard InChI is InChI=1S/C13H13NO5/c1-8(15)14-12(13(17)18)7-10-3-5-11(6-4-10)19-9(2)16/h3-7H,1-2H3,(H,14,15)(H,17,18)/b12-7-/i3D,4D,5D,6D,7D. The summed E-state index contributed by atoms with van der Waals surface area (Å²) in [5.74, 6) is -3.97. The molecule has 1 aromatic rings. The number of amides is 1. The second-order valence-corrected chi connectivity index (χ2v) is 3.28. The Bertz CT molecular complexity index is 746. The SMILES string of the molecule is [2H]/C(=C(/NC(C)=O)C(=O)O)c1c([2H])c([2H])c(OC(C)=O)c([2H])c1[2H]. The zero-order chi connectivity index (χ0) is 18.8. The quantitative estimate of drug-likeness (QED) is 0.486. The molecule has 0 radical (unpaired) electrons. The number of aliphatic carboxylic acids is 1. The minimum Gasteiger partial charge on any atom is -0.477 e. The van der Waals surface area contributed by atoms with Crippen LogP contribution in [0.1, 0.15) is 26.3 Å². The van der Waals surface area contributed by atoms with Gasteiger partial charge < -0.3 is 15.2 Å². The lowest BCUT2D eigenvalue weighted by Gasteiger charge is -2.04. The van der Waals surface area contributed by atoms with Crippen LogP contribution in [0, 0.1) is 0 Å². The number of nitrogens with one attached hydrogen (secondary N) is 1. The summed E-state index contributed by atoms with van der Waals surface area (Å²) in [6, 6.07) is -3.97. The summed E-state index contributed by atoms with van der Waals surface area (Å²) in [5.41, 5.74) is -1.55. The Hall–Kier alpha value is -2.63. The number of carboxylic acid groups (broad SMARTS) is 1. The Kier molecular flexibility index (Phi) is 2.83. The molecule has 0 saturated carbocycles. The predicted molar refractivity (Wildman–Crippen MR) is 67.2 cm³/mol. The molecular weight excluding hydrogens is 250 g/mol. The summed E-state index contributed by atoms with van der Waals surface area (Å²) in [4.78, 5) is 33.2. The fraction of sp³-hybridized carbons (Fsp3) is 0.154. The van der Waals surface area contributed by atoms with Crippen molar-refractivity contribution in [3.63, 3.8) is 0 Å². The van der Waals surface area contributed by atoms with Gasteiger partial charge in [-0.05, 0) is 23.7 Å². The third-order valence-corrected chi connectivity index (χ3v) is 1.61. The molecule has 0 fully saturated rings. The number of benzene rings is 1. The smallest absolute Gasteiger partial charge is 0.352 e. The summed E-state index contributed by atoms with van der Waals surface area (Å²) in [7, 11) is 0. The minimum atomic E-state index is -1.68. The van der Waals surface area contributed by atoms with Crippen LogP contribution >= 0.6 is 0 Å². The summed E-state index contributed by atoms with van der Waals surface area (Å²) in [5, 5.41) is 11.0. The Morgan fingerprint density at radius 1 is 1.32 bits per heavy atom. The van der Waals surface area contributed by atoms with Crippen LogP contribution in [0.25, 0.3) is 6.05 Å². The number of carboxylic acids is 1. The van der Waals surface area contributed by atoms with Crippen LogP contribution in [0.5, 0.6) is 5.75 Å². The largest absolute Gasteiger partial charge is 0.477 e. The molecule has 1 amide bonds. The molecule has 0 saturated heterocycles. The average molecular weight is 268 g/mol. The van der Waals surface area contributed by atoms with E-state index >= 15 is 0 Å². The van der Waals surface area contributed by atoms with Crippen molar-refractivity contribution in [2.45, 2.75) is 13.8 Å². The minimum absolute atomic E-state index is 0.634. The van der Waals surface area contributed by atoms with Crippen molar-refractivity contribution in [2.24, 2.45) is 0 Å². The van der Waals surface area contributed by atoms with Crippen molar-refractivity contribution >= 4 is 23.9 Å². The highest BCUT2D eigenvalue weighted by atomic mass is 16.5. The fourth-order valence-corrected chi connectivity index (χ4v) is 0.998. The van der Waals surface area contributed by atoms with Crippen molar-refractivity contribution in [2.75, 3.05) is 0 Å². The molecular formula is C13H13NO5. The van der Waals surface area contributed by atoms with E-state index in [1.165, 1.54) is 0 Å². The maximum absolute atomic E-state index is 11.2. The van der Waals surface area contributed by atoms with Crippen LogP contribution in [-0.2, 0) is 14.4 Å². The number of esters is 1. The third-order valence-electron chi connectivity index (χ3n) is 1.61. The van der Waals surface area contributed by atoms with E-state index in [4.69, 9.17) is 12.0 Å². The first-order valence-corrected chi connectivity index (χ1v) is 4.99. The third kappa shape index (κ3) is 5.03. The average Bonchev–Trinajstić information content (AvgIpc) is 2.46. The van der Waals surface area contributed by atoms with E-state index in [2.05, 4.69) is 4.74 Å². The Balaban J connectivity index is 3.74. The lowest BCUT2D eigenvalue weighted by molar-refractivity contribution is -0.134. The van der Waals surface area contributed by atoms with Crippen LogP contribution in [0.4, 0.5) is 0 Å². The van der Waals surface area contributed by atoms with E-state index < -0.39 is 65.1 Å². The molecule has 0 aliphatic carbocycles. The van der Waals surface area contributed by atoms with Gasteiger partial charge in [0.25, 0.3) is 0 Å². The van der Waals surface area contributed by atoms with E-state index in [1.807, 2.05) is 5.32 Å². The molecule has 0 bridgehead atoms. The Labute approximate surface area is 116 Å². The van der Waals surface area contributed by atoms with Gasteiger partial charge in [0.05, 0.1) is 6.85 Å². The van der Waals surface area contributed by atoms with Crippen molar-refractivity contribution in [1.82, 2.24) is 5.32 Å². The molecule has 2 N–H and O–H groups in total. The first-order chi connectivity index (χ1) is 11.0.